The highest BCUT2D eigenvalue weighted by Gasteiger charge is 2.13. The molecule has 0 aliphatic carbocycles. The lowest BCUT2D eigenvalue weighted by atomic mass is 10.1. The average molecular weight is 150 g/mol. The summed E-state index contributed by atoms with van der Waals surface area (Å²) in [6, 6.07) is 0. The summed E-state index contributed by atoms with van der Waals surface area (Å²) >= 11 is 0. The molecule has 0 aromatic carbocycles. The summed E-state index contributed by atoms with van der Waals surface area (Å²) in [5, 5.41) is 0. The lowest BCUT2D eigenvalue weighted by Crippen LogP contribution is -1.85. The molecule has 1 aliphatic rings. The maximum atomic E-state index is 5.41. The highest BCUT2D eigenvalue weighted by atomic mass is 16.5. The van der Waals surface area contributed by atoms with Crippen LogP contribution in [-0.2, 0) is 4.74 Å². The molecule has 1 aliphatic heterocycles. The zero-order chi connectivity index (χ0) is 8.27. The summed E-state index contributed by atoms with van der Waals surface area (Å²) in [5.41, 5.74) is 2.30. The Bertz CT molecular complexity index is 221. The Morgan fingerprint density at radius 1 is 1.64 bits per heavy atom. The fourth-order valence-electron chi connectivity index (χ4n) is 1.23. The largest absolute Gasteiger partial charge is 0.493 e. The zero-order valence-electron chi connectivity index (χ0n) is 7.18. The molecule has 0 amide bonds. The van der Waals surface area contributed by atoms with E-state index in [0.29, 0.717) is 0 Å². The molecule has 0 aromatic rings. The highest BCUT2D eigenvalue weighted by molar-refractivity contribution is 5.35. The van der Waals surface area contributed by atoms with Crippen molar-refractivity contribution >= 4 is 0 Å². The molecule has 0 bridgehead atoms. The first-order valence-corrected chi connectivity index (χ1v) is 3.90. The number of allylic oxidation sites excluding steroid dienone is 3. The van der Waals surface area contributed by atoms with Gasteiger partial charge in [0.25, 0.3) is 0 Å². The van der Waals surface area contributed by atoms with Crippen molar-refractivity contribution in [3.05, 3.63) is 35.6 Å². The Morgan fingerprint density at radius 3 is 2.91 bits per heavy atom. The summed E-state index contributed by atoms with van der Waals surface area (Å²) in [7, 11) is 0. The molecule has 0 spiro atoms. The Morgan fingerprint density at radius 2 is 2.36 bits per heavy atom. The Labute approximate surface area is 68.1 Å². The number of rotatable bonds is 2. The normalized spacial score (nSPS) is 17.6. The SMILES string of the molecule is C=C(C)C1=C(/C=C\C)CCO1. The van der Waals surface area contributed by atoms with Crippen molar-refractivity contribution in [2.24, 2.45) is 0 Å². The molecule has 1 heterocycles. The van der Waals surface area contributed by atoms with Gasteiger partial charge in [0.2, 0.25) is 0 Å². The van der Waals surface area contributed by atoms with Crippen LogP contribution in [0.4, 0.5) is 0 Å². The van der Waals surface area contributed by atoms with Gasteiger partial charge >= 0.3 is 0 Å². The second-order valence-electron chi connectivity index (χ2n) is 2.73. The molecule has 0 radical (unpaired) electrons. The topological polar surface area (TPSA) is 9.23 Å². The first-order valence-electron chi connectivity index (χ1n) is 3.90. The fraction of sp³-hybridized carbons (Fsp3) is 0.400. The van der Waals surface area contributed by atoms with Crippen LogP contribution < -0.4 is 0 Å². The van der Waals surface area contributed by atoms with Crippen molar-refractivity contribution in [3.63, 3.8) is 0 Å². The Hall–Kier alpha value is -0.980. The number of hydrogen-bond donors (Lipinski definition) is 0. The van der Waals surface area contributed by atoms with E-state index in [0.717, 1.165) is 24.4 Å². The summed E-state index contributed by atoms with van der Waals surface area (Å²) < 4.78 is 5.41. The smallest absolute Gasteiger partial charge is 0.124 e. The molecule has 1 nitrogen and oxygen atoms in total. The lowest BCUT2D eigenvalue weighted by molar-refractivity contribution is 0.252. The van der Waals surface area contributed by atoms with E-state index in [2.05, 4.69) is 12.7 Å². The lowest BCUT2D eigenvalue weighted by Gasteiger charge is -2.01. The van der Waals surface area contributed by atoms with Gasteiger partial charge in [-0.15, -0.1) is 0 Å². The molecule has 0 N–H and O–H groups in total. The number of ether oxygens (including phenoxy) is 1. The average Bonchev–Trinajstić information content (AvgIpc) is 2.36. The van der Waals surface area contributed by atoms with Gasteiger partial charge in [-0.05, 0) is 25.0 Å². The van der Waals surface area contributed by atoms with Crippen molar-refractivity contribution in [3.8, 4) is 0 Å². The van der Waals surface area contributed by atoms with Crippen LogP contribution in [0.25, 0.3) is 0 Å². The number of hydrogen-bond acceptors (Lipinski definition) is 1. The third-order valence-electron chi connectivity index (χ3n) is 1.66. The summed E-state index contributed by atoms with van der Waals surface area (Å²) in [4.78, 5) is 0. The molecular formula is C10H14O. The molecule has 1 rings (SSSR count). The minimum atomic E-state index is 0.807. The van der Waals surface area contributed by atoms with Crippen LogP contribution in [0.2, 0.25) is 0 Å². The minimum Gasteiger partial charge on any atom is -0.493 e. The monoisotopic (exact) mass is 150 g/mol. The molecule has 0 fully saturated rings. The second-order valence-corrected chi connectivity index (χ2v) is 2.73. The predicted octanol–water partition coefficient (Wildman–Crippen LogP) is 2.81. The van der Waals surface area contributed by atoms with Crippen LogP contribution in [0.15, 0.2) is 35.6 Å². The maximum absolute atomic E-state index is 5.41. The fourth-order valence-corrected chi connectivity index (χ4v) is 1.23. The third kappa shape index (κ3) is 1.73. The van der Waals surface area contributed by atoms with Crippen molar-refractivity contribution in [1.82, 2.24) is 0 Å². The van der Waals surface area contributed by atoms with E-state index in [1.807, 2.05) is 19.9 Å². The van der Waals surface area contributed by atoms with Crippen LogP contribution in [0, 0.1) is 0 Å². The highest BCUT2D eigenvalue weighted by Crippen LogP contribution is 2.24. The van der Waals surface area contributed by atoms with Crippen molar-refractivity contribution < 1.29 is 4.74 Å². The standard InChI is InChI=1S/C10H14O/c1-4-5-9-6-7-11-10(9)8(2)3/h4-5H,2,6-7H2,1,3H3/b5-4-. The first-order chi connectivity index (χ1) is 5.25. The van der Waals surface area contributed by atoms with Crippen LogP contribution in [0.5, 0.6) is 0 Å². The second kappa shape index (κ2) is 3.42. The van der Waals surface area contributed by atoms with Gasteiger partial charge in [-0.3, -0.25) is 0 Å². The third-order valence-corrected chi connectivity index (χ3v) is 1.66. The quantitative estimate of drug-likeness (QED) is 0.588. The van der Waals surface area contributed by atoms with E-state index in [4.69, 9.17) is 4.74 Å². The Kier molecular flexibility index (Phi) is 2.53. The van der Waals surface area contributed by atoms with Gasteiger partial charge in [0.15, 0.2) is 0 Å². The van der Waals surface area contributed by atoms with Crippen molar-refractivity contribution in [2.45, 2.75) is 20.3 Å². The molecule has 0 unspecified atom stereocenters. The van der Waals surface area contributed by atoms with Gasteiger partial charge in [0.05, 0.1) is 6.61 Å². The van der Waals surface area contributed by atoms with E-state index >= 15 is 0 Å². The molecular weight excluding hydrogens is 136 g/mol. The molecule has 0 saturated heterocycles. The molecule has 1 heteroatoms. The van der Waals surface area contributed by atoms with Gasteiger partial charge in [0, 0.05) is 6.42 Å². The van der Waals surface area contributed by atoms with Gasteiger partial charge in [-0.25, -0.2) is 0 Å². The van der Waals surface area contributed by atoms with Gasteiger partial charge in [0.1, 0.15) is 5.76 Å². The van der Waals surface area contributed by atoms with Crippen LogP contribution in [0.1, 0.15) is 20.3 Å². The van der Waals surface area contributed by atoms with Crippen LogP contribution in [0.3, 0.4) is 0 Å². The molecule has 0 saturated carbocycles. The summed E-state index contributed by atoms with van der Waals surface area (Å²) in [6.45, 7) is 8.65. The van der Waals surface area contributed by atoms with Crippen molar-refractivity contribution in [2.75, 3.05) is 6.61 Å². The van der Waals surface area contributed by atoms with Gasteiger partial charge in [-0.2, -0.15) is 0 Å². The van der Waals surface area contributed by atoms with E-state index in [1.165, 1.54) is 5.57 Å². The van der Waals surface area contributed by atoms with Crippen LogP contribution in [-0.4, -0.2) is 6.61 Å². The summed E-state index contributed by atoms with van der Waals surface area (Å²) in [5.74, 6) is 0.989. The molecule has 0 aromatic heterocycles. The van der Waals surface area contributed by atoms with E-state index in [1.54, 1.807) is 0 Å². The van der Waals surface area contributed by atoms with E-state index in [9.17, 15) is 0 Å². The van der Waals surface area contributed by atoms with E-state index < -0.39 is 0 Å². The van der Waals surface area contributed by atoms with Gasteiger partial charge in [-0.1, -0.05) is 18.7 Å². The minimum absolute atomic E-state index is 0.807. The van der Waals surface area contributed by atoms with Crippen molar-refractivity contribution in [1.29, 1.82) is 0 Å². The van der Waals surface area contributed by atoms with E-state index in [-0.39, 0.29) is 0 Å². The zero-order valence-corrected chi connectivity index (χ0v) is 7.18. The predicted molar refractivity (Wildman–Crippen MR) is 47.2 cm³/mol. The Balaban J connectivity index is 2.86. The molecule has 0 atom stereocenters. The molecule has 60 valence electrons. The first kappa shape index (κ1) is 8.12. The summed E-state index contributed by atoms with van der Waals surface area (Å²) in [6.07, 6.45) is 5.15. The molecule has 11 heavy (non-hydrogen) atoms. The van der Waals surface area contributed by atoms with Crippen LogP contribution >= 0.6 is 0 Å². The van der Waals surface area contributed by atoms with Gasteiger partial charge < -0.3 is 4.74 Å². The maximum Gasteiger partial charge on any atom is 0.124 e.